The summed E-state index contributed by atoms with van der Waals surface area (Å²) in [6.45, 7) is 4.05. The van der Waals surface area contributed by atoms with Gasteiger partial charge in [0.15, 0.2) is 0 Å². The minimum atomic E-state index is -4.36. The minimum Gasteiger partial charge on any atom is -0.320 e. The van der Waals surface area contributed by atoms with Crippen LogP contribution in [0.15, 0.2) is 12.3 Å². The molecule has 0 spiro atoms. The molecule has 0 bridgehead atoms. The lowest BCUT2D eigenvalue weighted by atomic mass is 10.2. The van der Waals surface area contributed by atoms with Crippen molar-refractivity contribution < 1.29 is 13.2 Å². The maximum absolute atomic E-state index is 12.3. The topological polar surface area (TPSA) is 43.8 Å². The van der Waals surface area contributed by atoms with E-state index >= 15 is 0 Å². The predicted octanol–water partition coefficient (Wildman–Crippen LogP) is 2.68. The van der Waals surface area contributed by atoms with E-state index in [-0.39, 0.29) is 12.5 Å². The van der Waals surface area contributed by atoms with Gasteiger partial charge in [-0.25, -0.2) is 0 Å². The van der Waals surface area contributed by atoms with Gasteiger partial charge in [-0.3, -0.25) is 4.68 Å². The first-order valence-corrected chi connectivity index (χ1v) is 5.74. The number of hydrogen-bond donors (Lipinski definition) is 1. The molecule has 98 valence electrons. The van der Waals surface area contributed by atoms with Crippen molar-refractivity contribution in [3.63, 3.8) is 0 Å². The SMILES string of the molecule is CCC(CC)n1ccc(CC(N)C(F)(F)F)n1. The van der Waals surface area contributed by atoms with Crippen molar-refractivity contribution in [3.05, 3.63) is 18.0 Å². The van der Waals surface area contributed by atoms with Crippen molar-refractivity contribution in [2.75, 3.05) is 0 Å². The highest BCUT2D eigenvalue weighted by Crippen LogP contribution is 2.21. The van der Waals surface area contributed by atoms with Crippen LogP contribution in [0.5, 0.6) is 0 Å². The maximum Gasteiger partial charge on any atom is 0.404 e. The van der Waals surface area contributed by atoms with E-state index in [0.29, 0.717) is 5.69 Å². The van der Waals surface area contributed by atoms with E-state index in [9.17, 15) is 13.2 Å². The first-order chi connectivity index (χ1) is 7.88. The van der Waals surface area contributed by atoms with Gasteiger partial charge in [0.05, 0.1) is 11.7 Å². The molecule has 1 aromatic rings. The van der Waals surface area contributed by atoms with Crippen molar-refractivity contribution >= 4 is 0 Å². The van der Waals surface area contributed by atoms with E-state index < -0.39 is 12.2 Å². The van der Waals surface area contributed by atoms with E-state index in [2.05, 4.69) is 5.10 Å². The van der Waals surface area contributed by atoms with Crippen LogP contribution in [0.4, 0.5) is 13.2 Å². The van der Waals surface area contributed by atoms with Gasteiger partial charge in [-0.05, 0) is 18.9 Å². The van der Waals surface area contributed by atoms with Crippen molar-refractivity contribution in [1.82, 2.24) is 9.78 Å². The van der Waals surface area contributed by atoms with Crippen LogP contribution in [0.1, 0.15) is 38.4 Å². The monoisotopic (exact) mass is 249 g/mol. The van der Waals surface area contributed by atoms with Gasteiger partial charge in [-0.1, -0.05) is 13.8 Å². The quantitative estimate of drug-likeness (QED) is 0.871. The molecule has 0 aromatic carbocycles. The molecule has 17 heavy (non-hydrogen) atoms. The van der Waals surface area contributed by atoms with E-state index in [1.165, 1.54) is 0 Å². The number of rotatable bonds is 5. The highest BCUT2D eigenvalue weighted by atomic mass is 19.4. The Kier molecular flexibility index (Phi) is 4.56. The zero-order valence-corrected chi connectivity index (χ0v) is 10.0. The highest BCUT2D eigenvalue weighted by Gasteiger charge is 2.36. The lowest BCUT2D eigenvalue weighted by Gasteiger charge is -2.15. The summed E-state index contributed by atoms with van der Waals surface area (Å²) in [7, 11) is 0. The fourth-order valence-corrected chi connectivity index (χ4v) is 1.69. The molecule has 0 amide bonds. The molecule has 6 heteroatoms. The van der Waals surface area contributed by atoms with E-state index in [4.69, 9.17) is 5.73 Å². The number of alkyl halides is 3. The average Bonchev–Trinajstić information content (AvgIpc) is 2.67. The molecule has 3 nitrogen and oxygen atoms in total. The van der Waals surface area contributed by atoms with Gasteiger partial charge in [0.1, 0.15) is 6.04 Å². The fraction of sp³-hybridized carbons (Fsp3) is 0.727. The van der Waals surface area contributed by atoms with Gasteiger partial charge < -0.3 is 5.73 Å². The van der Waals surface area contributed by atoms with E-state index in [1.54, 1.807) is 16.9 Å². The number of nitrogens with two attached hydrogens (primary N) is 1. The second kappa shape index (κ2) is 5.53. The molecule has 1 unspecified atom stereocenters. The van der Waals surface area contributed by atoms with Crippen LogP contribution in [-0.2, 0) is 6.42 Å². The molecule has 0 aliphatic rings. The summed E-state index contributed by atoms with van der Waals surface area (Å²) in [6.07, 6.45) is -1.10. The van der Waals surface area contributed by atoms with Crippen molar-refractivity contribution in [3.8, 4) is 0 Å². The van der Waals surface area contributed by atoms with Crippen LogP contribution < -0.4 is 5.73 Å². The highest BCUT2D eigenvalue weighted by molar-refractivity contribution is 5.03. The first-order valence-electron chi connectivity index (χ1n) is 5.74. The van der Waals surface area contributed by atoms with Gasteiger partial charge in [0.25, 0.3) is 0 Å². The molecule has 0 saturated heterocycles. The maximum atomic E-state index is 12.3. The number of nitrogens with zero attached hydrogens (tertiary/aromatic N) is 2. The summed E-state index contributed by atoms with van der Waals surface area (Å²) in [5, 5.41) is 4.14. The molecule has 0 aliphatic carbocycles. The largest absolute Gasteiger partial charge is 0.404 e. The standard InChI is InChI=1S/C11H18F3N3/c1-3-9(4-2)17-6-5-8(16-17)7-10(15)11(12,13)14/h5-6,9-10H,3-4,7,15H2,1-2H3. The molecule has 1 heterocycles. The van der Waals surface area contributed by atoms with Crippen molar-refractivity contribution in [2.24, 2.45) is 5.73 Å². The normalized spacial score (nSPS) is 14.3. The second-order valence-electron chi connectivity index (χ2n) is 4.11. The molecule has 0 radical (unpaired) electrons. The van der Waals surface area contributed by atoms with Gasteiger partial charge in [-0.15, -0.1) is 0 Å². The Balaban J connectivity index is 2.69. The molecule has 0 fully saturated rings. The van der Waals surface area contributed by atoms with Crippen LogP contribution >= 0.6 is 0 Å². The third-order valence-electron chi connectivity index (χ3n) is 2.83. The number of halogens is 3. The van der Waals surface area contributed by atoms with Crippen LogP contribution in [0.3, 0.4) is 0 Å². The Labute approximate surface area is 98.8 Å². The van der Waals surface area contributed by atoms with Crippen molar-refractivity contribution in [2.45, 2.75) is 51.4 Å². The summed E-state index contributed by atoms with van der Waals surface area (Å²) in [4.78, 5) is 0. The molecular formula is C11H18F3N3. The molecule has 2 N–H and O–H groups in total. The predicted molar refractivity (Wildman–Crippen MR) is 59.6 cm³/mol. The summed E-state index contributed by atoms with van der Waals surface area (Å²) in [6, 6.07) is 0.00242. The van der Waals surface area contributed by atoms with E-state index in [0.717, 1.165) is 12.8 Å². The van der Waals surface area contributed by atoms with Crippen LogP contribution in [-0.4, -0.2) is 22.0 Å². The molecule has 1 atom stereocenters. The van der Waals surface area contributed by atoms with Gasteiger partial charge in [0, 0.05) is 12.6 Å². The summed E-state index contributed by atoms with van der Waals surface area (Å²) >= 11 is 0. The first kappa shape index (κ1) is 14.0. The van der Waals surface area contributed by atoms with Crippen LogP contribution in [0.25, 0.3) is 0 Å². The van der Waals surface area contributed by atoms with Crippen LogP contribution in [0, 0.1) is 0 Å². The third-order valence-corrected chi connectivity index (χ3v) is 2.83. The number of aromatic nitrogens is 2. The lowest BCUT2D eigenvalue weighted by molar-refractivity contribution is -0.147. The average molecular weight is 249 g/mol. The molecule has 0 aliphatic heterocycles. The fourth-order valence-electron chi connectivity index (χ4n) is 1.69. The molecule has 1 aromatic heterocycles. The smallest absolute Gasteiger partial charge is 0.320 e. The van der Waals surface area contributed by atoms with Gasteiger partial charge in [-0.2, -0.15) is 18.3 Å². The summed E-state index contributed by atoms with van der Waals surface area (Å²) < 4.78 is 38.5. The van der Waals surface area contributed by atoms with Crippen molar-refractivity contribution in [1.29, 1.82) is 0 Å². The zero-order valence-electron chi connectivity index (χ0n) is 10.0. The molecule has 0 saturated carbocycles. The zero-order chi connectivity index (χ0) is 13.1. The summed E-state index contributed by atoms with van der Waals surface area (Å²) in [5.74, 6) is 0. The summed E-state index contributed by atoms with van der Waals surface area (Å²) in [5.41, 5.74) is 5.45. The Morgan fingerprint density at radius 1 is 1.35 bits per heavy atom. The second-order valence-corrected chi connectivity index (χ2v) is 4.11. The molecule has 1 rings (SSSR count). The lowest BCUT2D eigenvalue weighted by Crippen LogP contribution is -2.39. The van der Waals surface area contributed by atoms with E-state index in [1.807, 2.05) is 13.8 Å². The Bertz CT molecular complexity index is 342. The number of hydrogen-bond acceptors (Lipinski definition) is 2. The van der Waals surface area contributed by atoms with Gasteiger partial charge in [0.2, 0.25) is 0 Å². The molecular weight excluding hydrogens is 231 g/mol. The Morgan fingerprint density at radius 3 is 2.41 bits per heavy atom. The Morgan fingerprint density at radius 2 is 1.94 bits per heavy atom. The minimum absolute atomic E-state index is 0.242. The van der Waals surface area contributed by atoms with Gasteiger partial charge >= 0.3 is 6.18 Å². The Hall–Kier alpha value is -1.04. The van der Waals surface area contributed by atoms with Crippen LogP contribution in [0.2, 0.25) is 0 Å². The third kappa shape index (κ3) is 3.73.